The number of benzene rings is 1. The van der Waals surface area contributed by atoms with Gasteiger partial charge in [-0.1, -0.05) is 19.8 Å². The highest BCUT2D eigenvalue weighted by atomic mass is 32.1. The summed E-state index contributed by atoms with van der Waals surface area (Å²) in [6, 6.07) is 7.66. The molecule has 2 atom stereocenters. The van der Waals surface area contributed by atoms with E-state index >= 15 is 0 Å². The lowest BCUT2D eigenvalue weighted by molar-refractivity contribution is -0.125. The van der Waals surface area contributed by atoms with E-state index in [0.29, 0.717) is 16.5 Å². The molecular formula is C21H26N2O4S. The molecule has 0 radical (unpaired) electrons. The molecule has 0 spiro atoms. The van der Waals surface area contributed by atoms with Gasteiger partial charge in [0.25, 0.3) is 5.91 Å². The smallest absolute Gasteiger partial charge is 0.350 e. The third-order valence-electron chi connectivity index (χ3n) is 5.11. The molecule has 1 N–H and O–H groups in total. The van der Waals surface area contributed by atoms with E-state index in [2.05, 4.69) is 17.2 Å². The number of carbonyl (C=O) groups excluding carboxylic acids is 2. The number of ether oxygens (including phenoxy) is 2. The van der Waals surface area contributed by atoms with Gasteiger partial charge in [0.05, 0.1) is 12.8 Å². The third-order valence-corrected chi connectivity index (χ3v) is 6.30. The SMILES string of the molecule is COc1ccc(-c2nc(C)c(C(=O)OCC(=O)N[C@@H]3CCCC[C@H]3C)s2)cc1. The van der Waals surface area contributed by atoms with E-state index in [1.807, 2.05) is 24.3 Å². The molecule has 1 aliphatic carbocycles. The molecule has 7 heteroatoms. The van der Waals surface area contributed by atoms with Gasteiger partial charge in [0.15, 0.2) is 6.61 Å². The van der Waals surface area contributed by atoms with Crippen LogP contribution in [0.5, 0.6) is 5.75 Å². The summed E-state index contributed by atoms with van der Waals surface area (Å²) >= 11 is 1.26. The molecule has 1 amide bonds. The molecule has 0 aliphatic heterocycles. The van der Waals surface area contributed by atoms with Crippen LogP contribution in [0.1, 0.15) is 48.0 Å². The maximum Gasteiger partial charge on any atom is 0.350 e. The van der Waals surface area contributed by atoms with E-state index in [4.69, 9.17) is 9.47 Å². The highest BCUT2D eigenvalue weighted by Crippen LogP contribution is 2.29. The fourth-order valence-corrected chi connectivity index (χ4v) is 4.38. The van der Waals surface area contributed by atoms with Crippen LogP contribution in [-0.2, 0) is 9.53 Å². The number of rotatable bonds is 6. The van der Waals surface area contributed by atoms with Crippen molar-refractivity contribution in [1.82, 2.24) is 10.3 Å². The molecule has 0 saturated heterocycles. The summed E-state index contributed by atoms with van der Waals surface area (Å²) in [6.45, 7) is 3.65. The largest absolute Gasteiger partial charge is 0.497 e. The lowest BCUT2D eigenvalue weighted by atomic mass is 9.86. The normalized spacial score (nSPS) is 19.1. The van der Waals surface area contributed by atoms with Crippen LogP contribution in [0.15, 0.2) is 24.3 Å². The maximum absolute atomic E-state index is 12.4. The molecule has 1 saturated carbocycles. The first kappa shape index (κ1) is 20.3. The van der Waals surface area contributed by atoms with Crippen molar-refractivity contribution in [2.24, 2.45) is 5.92 Å². The second kappa shape index (κ2) is 9.19. The van der Waals surface area contributed by atoms with Crippen molar-refractivity contribution in [3.63, 3.8) is 0 Å². The number of aryl methyl sites for hydroxylation is 1. The fourth-order valence-electron chi connectivity index (χ4n) is 3.42. The van der Waals surface area contributed by atoms with Crippen LogP contribution in [0.3, 0.4) is 0 Å². The zero-order valence-electron chi connectivity index (χ0n) is 16.5. The summed E-state index contributed by atoms with van der Waals surface area (Å²) in [4.78, 5) is 29.5. The number of esters is 1. The van der Waals surface area contributed by atoms with E-state index in [1.165, 1.54) is 17.8 Å². The van der Waals surface area contributed by atoms with Crippen LogP contribution < -0.4 is 10.1 Å². The number of amides is 1. The minimum atomic E-state index is -0.512. The first-order valence-corrected chi connectivity index (χ1v) is 10.4. The number of hydrogen-bond donors (Lipinski definition) is 1. The summed E-state index contributed by atoms with van der Waals surface area (Å²) in [5.74, 6) is 0.463. The highest BCUT2D eigenvalue weighted by Gasteiger charge is 2.24. The zero-order valence-corrected chi connectivity index (χ0v) is 17.3. The Labute approximate surface area is 169 Å². The van der Waals surface area contributed by atoms with Crippen molar-refractivity contribution >= 4 is 23.2 Å². The number of hydrogen-bond acceptors (Lipinski definition) is 6. The Hall–Kier alpha value is -2.41. The van der Waals surface area contributed by atoms with Crippen LogP contribution in [0.2, 0.25) is 0 Å². The summed E-state index contributed by atoms with van der Waals surface area (Å²) in [6.07, 6.45) is 4.45. The molecule has 6 nitrogen and oxygen atoms in total. The molecule has 1 aromatic carbocycles. The molecule has 150 valence electrons. The molecule has 28 heavy (non-hydrogen) atoms. The molecule has 3 rings (SSSR count). The van der Waals surface area contributed by atoms with Crippen molar-refractivity contribution in [2.45, 2.75) is 45.6 Å². The molecule has 1 fully saturated rings. The Morgan fingerprint density at radius 1 is 1.21 bits per heavy atom. The molecule has 1 aliphatic rings. The Bertz CT molecular complexity index is 831. The average molecular weight is 403 g/mol. The average Bonchev–Trinajstić information content (AvgIpc) is 3.10. The van der Waals surface area contributed by atoms with E-state index < -0.39 is 5.97 Å². The number of carbonyl (C=O) groups is 2. The topological polar surface area (TPSA) is 77.5 Å². The number of nitrogens with zero attached hydrogens (tertiary/aromatic N) is 1. The van der Waals surface area contributed by atoms with Crippen LogP contribution in [0.4, 0.5) is 0 Å². The van der Waals surface area contributed by atoms with Gasteiger partial charge in [-0.05, 0) is 49.9 Å². The van der Waals surface area contributed by atoms with Crippen molar-refractivity contribution < 1.29 is 19.1 Å². The van der Waals surface area contributed by atoms with Gasteiger partial charge >= 0.3 is 5.97 Å². The predicted molar refractivity (Wildman–Crippen MR) is 109 cm³/mol. The molecule has 1 heterocycles. The minimum absolute atomic E-state index is 0.173. The highest BCUT2D eigenvalue weighted by molar-refractivity contribution is 7.17. The van der Waals surface area contributed by atoms with Crippen LogP contribution in [0.25, 0.3) is 10.6 Å². The zero-order chi connectivity index (χ0) is 20.1. The second-order valence-electron chi connectivity index (χ2n) is 7.17. The second-order valence-corrected chi connectivity index (χ2v) is 8.17. The predicted octanol–water partition coefficient (Wildman–Crippen LogP) is 3.98. The quantitative estimate of drug-likeness (QED) is 0.740. The Balaban J connectivity index is 1.58. The van der Waals surface area contributed by atoms with Crippen molar-refractivity contribution in [2.75, 3.05) is 13.7 Å². The summed E-state index contributed by atoms with van der Waals surface area (Å²) in [7, 11) is 1.61. The third kappa shape index (κ3) is 4.90. The van der Waals surface area contributed by atoms with Gasteiger partial charge in [0.1, 0.15) is 15.6 Å². The van der Waals surface area contributed by atoms with Crippen LogP contribution in [0, 0.1) is 12.8 Å². The molecule has 0 bridgehead atoms. The van der Waals surface area contributed by atoms with Gasteiger partial charge in [0.2, 0.25) is 0 Å². The lowest BCUT2D eigenvalue weighted by Crippen LogP contribution is -2.42. The van der Waals surface area contributed by atoms with Gasteiger partial charge in [-0.15, -0.1) is 11.3 Å². The summed E-state index contributed by atoms with van der Waals surface area (Å²) in [5, 5.41) is 3.72. The van der Waals surface area contributed by atoms with E-state index in [0.717, 1.165) is 35.6 Å². The summed E-state index contributed by atoms with van der Waals surface area (Å²) < 4.78 is 10.4. The Morgan fingerprint density at radius 2 is 1.93 bits per heavy atom. The first-order valence-electron chi connectivity index (χ1n) is 9.56. The standard InChI is InChI=1S/C21H26N2O4S/c1-13-6-4-5-7-17(13)23-18(24)12-27-21(25)19-14(2)22-20(28-19)15-8-10-16(26-3)11-9-15/h8-11,13,17H,4-7,12H2,1-3H3,(H,23,24)/t13-,17-/m1/s1. The van der Waals surface area contributed by atoms with E-state index in [9.17, 15) is 9.59 Å². The number of thiazole rings is 1. The number of nitrogens with one attached hydrogen (secondary N) is 1. The molecule has 0 unspecified atom stereocenters. The number of aromatic nitrogens is 1. The van der Waals surface area contributed by atoms with Crippen molar-refractivity contribution in [1.29, 1.82) is 0 Å². The van der Waals surface area contributed by atoms with E-state index in [1.54, 1.807) is 14.0 Å². The van der Waals surface area contributed by atoms with Crippen molar-refractivity contribution in [3.8, 4) is 16.3 Å². The maximum atomic E-state index is 12.4. The van der Waals surface area contributed by atoms with Gasteiger partial charge in [0, 0.05) is 11.6 Å². The Kier molecular flexibility index (Phi) is 6.67. The molecule has 2 aromatic rings. The molecule has 1 aromatic heterocycles. The van der Waals surface area contributed by atoms with Crippen LogP contribution >= 0.6 is 11.3 Å². The minimum Gasteiger partial charge on any atom is -0.497 e. The van der Waals surface area contributed by atoms with Crippen molar-refractivity contribution in [3.05, 3.63) is 34.8 Å². The van der Waals surface area contributed by atoms with Gasteiger partial charge in [-0.3, -0.25) is 4.79 Å². The lowest BCUT2D eigenvalue weighted by Gasteiger charge is -2.29. The van der Waals surface area contributed by atoms with Gasteiger partial charge < -0.3 is 14.8 Å². The van der Waals surface area contributed by atoms with Gasteiger partial charge in [-0.2, -0.15) is 0 Å². The van der Waals surface area contributed by atoms with Gasteiger partial charge in [-0.25, -0.2) is 9.78 Å². The fraction of sp³-hybridized carbons (Fsp3) is 0.476. The number of methoxy groups -OCH3 is 1. The Morgan fingerprint density at radius 3 is 2.61 bits per heavy atom. The first-order chi connectivity index (χ1) is 13.5. The monoisotopic (exact) mass is 402 g/mol. The summed E-state index contributed by atoms with van der Waals surface area (Å²) in [5.41, 5.74) is 1.50. The van der Waals surface area contributed by atoms with E-state index in [-0.39, 0.29) is 18.6 Å². The molecular weight excluding hydrogens is 376 g/mol. The van der Waals surface area contributed by atoms with Crippen LogP contribution in [-0.4, -0.2) is 36.6 Å².